The topological polar surface area (TPSA) is 150 Å². The molecule has 0 radical (unpaired) electrons. The normalized spacial score (nSPS) is 14.9. The van der Waals surface area contributed by atoms with E-state index in [0.717, 1.165) is 4.57 Å². The van der Waals surface area contributed by atoms with Gasteiger partial charge in [0.25, 0.3) is 5.56 Å². The van der Waals surface area contributed by atoms with Crippen molar-refractivity contribution in [2.24, 2.45) is 0 Å². The quantitative estimate of drug-likeness (QED) is 0.442. The number of aliphatic hydroxyl groups excluding tert-OH is 4. The summed E-state index contributed by atoms with van der Waals surface area (Å²) in [5, 5.41) is 46.7. The number of fused-ring (bicyclic) bond motifs is 1. The third-order valence-corrected chi connectivity index (χ3v) is 4.15. The number of aliphatic hydroxyl groups is 4. The molecule has 2 heterocycles. The largest absolute Gasteiger partial charge is 0.394 e. The van der Waals surface area contributed by atoms with Crippen LogP contribution in [0.2, 0.25) is 0 Å². The summed E-state index contributed by atoms with van der Waals surface area (Å²) in [5.74, 6) is -0.943. The van der Waals surface area contributed by atoms with Crippen molar-refractivity contribution >= 4 is 11.7 Å². The highest BCUT2D eigenvalue weighted by atomic mass is 16.4. The third kappa shape index (κ3) is 3.26. The van der Waals surface area contributed by atoms with Crippen LogP contribution in [0.3, 0.4) is 0 Å². The zero-order valence-electron chi connectivity index (χ0n) is 14.3. The molecule has 0 aliphatic heterocycles. The Morgan fingerprint density at radius 1 is 1.15 bits per heavy atom. The lowest BCUT2D eigenvalue weighted by molar-refractivity contribution is -0.0805. The molecule has 4 N–H and O–H groups in total. The number of hydrogen-bond acceptors (Lipinski definition) is 8. The van der Waals surface area contributed by atoms with Crippen molar-refractivity contribution in [3.05, 3.63) is 52.6 Å². The number of hydrogen-bond donors (Lipinski definition) is 4. The first-order valence-corrected chi connectivity index (χ1v) is 8.09. The molecule has 142 valence electrons. The van der Waals surface area contributed by atoms with E-state index in [1.54, 1.807) is 30.3 Å². The van der Waals surface area contributed by atoms with Gasteiger partial charge in [-0.15, -0.1) is 10.2 Å². The molecule has 0 bridgehead atoms. The molecule has 0 fully saturated rings. The second-order valence-corrected chi connectivity index (χ2v) is 5.97. The zero-order valence-corrected chi connectivity index (χ0v) is 14.3. The third-order valence-electron chi connectivity index (χ3n) is 4.15. The Morgan fingerprint density at radius 2 is 1.81 bits per heavy atom. The first-order chi connectivity index (χ1) is 12.9. The number of carbonyl (C=O) groups excluding carboxylic acids is 1. The van der Waals surface area contributed by atoms with Gasteiger partial charge in [-0.2, -0.15) is 0 Å². The summed E-state index contributed by atoms with van der Waals surface area (Å²) in [6.45, 7) is 0.400. The minimum atomic E-state index is -1.76. The Bertz CT molecular complexity index is 1030. The molecule has 0 unspecified atom stereocenters. The van der Waals surface area contributed by atoms with Crippen molar-refractivity contribution in [3.8, 4) is 11.3 Å². The van der Waals surface area contributed by atoms with Crippen LogP contribution >= 0.6 is 0 Å². The predicted molar refractivity (Wildman–Crippen MR) is 93.0 cm³/mol. The van der Waals surface area contributed by atoms with Crippen molar-refractivity contribution in [1.82, 2.24) is 19.2 Å². The van der Waals surface area contributed by atoms with E-state index in [9.17, 15) is 24.9 Å². The molecule has 27 heavy (non-hydrogen) atoms. The van der Waals surface area contributed by atoms with Gasteiger partial charge in [0, 0.05) is 13.0 Å². The molecular formula is C17H18N4O6. The molecular weight excluding hydrogens is 356 g/mol. The number of benzene rings is 1. The van der Waals surface area contributed by atoms with Gasteiger partial charge in [-0.1, -0.05) is 30.3 Å². The SMILES string of the molecule is CC(=O)n1c(=O)cc(-c2ccccc2)n2c([C@H](O)[C@@H](O)[C@@H](O)CO)nnc12. The molecule has 2 aromatic heterocycles. The molecule has 0 amide bonds. The monoisotopic (exact) mass is 374 g/mol. The van der Waals surface area contributed by atoms with E-state index in [-0.39, 0.29) is 17.3 Å². The summed E-state index contributed by atoms with van der Waals surface area (Å²) < 4.78 is 2.04. The molecule has 0 aliphatic rings. The van der Waals surface area contributed by atoms with Gasteiger partial charge in [0.15, 0.2) is 5.82 Å². The summed E-state index contributed by atoms with van der Waals surface area (Å²) in [6, 6.07) is 9.87. The van der Waals surface area contributed by atoms with Gasteiger partial charge in [0.1, 0.15) is 18.3 Å². The van der Waals surface area contributed by atoms with Crippen LogP contribution in [0.5, 0.6) is 0 Å². The second-order valence-electron chi connectivity index (χ2n) is 5.97. The lowest BCUT2D eigenvalue weighted by atomic mass is 10.1. The van der Waals surface area contributed by atoms with Crippen molar-refractivity contribution in [2.45, 2.75) is 25.2 Å². The highest BCUT2D eigenvalue weighted by Gasteiger charge is 2.31. The van der Waals surface area contributed by atoms with Crippen LogP contribution in [0.1, 0.15) is 23.6 Å². The zero-order chi connectivity index (χ0) is 19.7. The van der Waals surface area contributed by atoms with Crippen LogP contribution in [0.4, 0.5) is 0 Å². The molecule has 10 nitrogen and oxygen atoms in total. The van der Waals surface area contributed by atoms with Crippen LogP contribution in [0.25, 0.3) is 17.0 Å². The Balaban J connectivity index is 2.32. The lowest BCUT2D eigenvalue weighted by Crippen LogP contribution is -2.36. The highest BCUT2D eigenvalue weighted by Crippen LogP contribution is 2.24. The van der Waals surface area contributed by atoms with E-state index in [1.807, 2.05) is 0 Å². The van der Waals surface area contributed by atoms with E-state index in [0.29, 0.717) is 5.56 Å². The molecule has 3 rings (SSSR count). The predicted octanol–water partition coefficient (Wildman–Crippen LogP) is -1.03. The van der Waals surface area contributed by atoms with Crippen LogP contribution in [-0.2, 0) is 0 Å². The molecule has 3 atom stereocenters. The van der Waals surface area contributed by atoms with E-state index < -0.39 is 36.4 Å². The van der Waals surface area contributed by atoms with Crippen LogP contribution in [-0.4, -0.2) is 64.3 Å². The van der Waals surface area contributed by atoms with Crippen molar-refractivity contribution in [3.63, 3.8) is 0 Å². The molecule has 3 aromatic rings. The van der Waals surface area contributed by atoms with Crippen molar-refractivity contribution < 1.29 is 25.2 Å². The second kappa shape index (κ2) is 7.37. The minimum absolute atomic E-state index is 0.145. The molecule has 0 saturated heterocycles. The van der Waals surface area contributed by atoms with Crippen LogP contribution in [0, 0.1) is 0 Å². The number of nitrogens with zero attached hydrogens (tertiary/aromatic N) is 4. The fraction of sp³-hybridized carbons (Fsp3) is 0.294. The Labute approximate surface area is 152 Å². The summed E-state index contributed by atoms with van der Waals surface area (Å²) in [4.78, 5) is 24.3. The summed E-state index contributed by atoms with van der Waals surface area (Å²) in [7, 11) is 0. The van der Waals surface area contributed by atoms with Gasteiger partial charge in [-0.25, -0.2) is 4.57 Å². The highest BCUT2D eigenvalue weighted by molar-refractivity contribution is 5.80. The van der Waals surface area contributed by atoms with Gasteiger partial charge < -0.3 is 20.4 Å². The van der Waals surface area contributed by atoms with Crippen LogP contribution in [0.15, 0.2) is 41.2 Å². The fourth-order valence-electron chi connectivity index (χ4n) is 2.79. The van der Waals surface area contributed by atoms with E-state index in [2.05, 4.69) is 10.2 Å². The summed E-state index contributed by atoms with van der Waals surface area (Å²) in [5.41, 5.74) is 0.247. The average molecular weight is 374 g/mol. The maximum Gasteiger partial charge on any atom is 0.262 e. The first kappa shape index (κ1) is 18.9. The minimum Gasteiger partial charge on any atom is -0.394 e. The number of carbonyl (C=O) groups is 1. The summed E-state index contributed by atoms with van der Waals surface area (Å²) >= 11 is 0. The van der Waals surface area contributed by atoms with Gasteiger partial charge >= 0.3 is 0 Å². The molecule has 10 heteroatoms. The van der Waals surface area contributed by atoms with Gasteiger partial charge in [0.2, 0.25) is 11.7 Å². The van der Waals surface area contributed by atoms with Gasteiger partial charge in [-0.05, 0) is 5.56 Å². The molecule has 0 aliphatic carbocycles. The average Bonchev–Trinajstić information content (AvgIpc) is 3.10. The van der Waals surface area contributed by atoms with Gasteiger partial charge in [0.05, 0.1) is 12.3 Å². The standard InChI is InChI=1S/C17H18N4O6/c1-9(23)20-13(25)7-11(10-5-3-2-4-6-10)21-16(18-19-17(20)21)15(27)14(26)12(24)8-22/h2-7,12,14-15,22,24,26-27H,8H2,1H3/t12-,14-,15+/m0/s1. The van der Waals surface area contributed by atoms with E-state index in [1.165, 1.54) is 17.4 Å². The maximum absolute atomic E-state index is 12.4. The Kier molecular flexibility index (Phi) is 5.15. The van der Waals surface area contributed by atoms with Gasteiger partial charge in [-0.3, -0.25) is 14.0 Å². The van der Waals surface area contributed by atoms with Crippen molar-refractivity contribution in [2.75, 3.05) is 6.61 Å². The first-order valence-electron chi connectivity index (χ1n) is 8.09. The number of rotatable bonds is 5. The Morgan fingerprint density at radius 3 is 2.41 bits per heavy atom. The molecule has 1 aromatic carbocycles. The summed E-state index contributed by atoms with van der Waals surface area (Å²) in [6.07, 6.45) is -5.11. The fourth-order valence-corrected chi connectivity index (χ4v) is 2.79. The van der Waals surface area contributed by atoms with E-state index in [4.69, 9.17) is 5.11 Å². The number of aromatic nitrogens is 4. The van der Waals surface area contributed by atoms with Crippen LogP contribution < -0.4 is 5.56 Å². The maximum atomic E-state index is 12.4. The lowest BCUT2D eigenvalue weighted by Gasteiger charge is -2.21. The Hall–Kier alpha value is -2.92. The van der Waals surface area contributed by atoms with Crippen molar-refractivity contribution in [1.29, 1.82) is 0 Å². The molecule has 0 saturated carbocycles. The molecule has 0 spiro atoms. The van der Waals surface area contributed by atoms with E-state index >= 15 is 0 Å². The smallest absolute Gasteiger partial charge is 0.262 e.